The average Bonchev–Trinajstić information content (AvgIpc) is 2.51. The predicted molar refractivity (Wildman–Crippen MR) is 65.3 cm³/mol. The van der Waals surface area contributed by atoms with E-state index in [2.05, 4.69) is 24.2 Å². The molecule has 0 aromatic carbocycles. The Hall–Kier alpha value is -0.310. The van der Waals surface area contributed by atoms with Gasteiger partial charge in [0.05, 0.1) is 11.1 Å². The second-order valence-corrected chi connectivity index (χ2v) is 4.55. The van der Waals surface area contributed by atoms with E-state index in [1.54, 1.807) is 11.3 Å². The highest BCUT2D eigenvalue weighted by molar-refractivity contribution is 7.10. The summed E-state index contributed by atoms with van der Waals surface area (Å²) in [7, 11) is 0. The first-order chi connectivity index (χ1) is 6.70. The molecule has 0 aliphatic heterocycles. The molecular formula is C11H16ClNS. The van der Waals surface area contributed by atoms with Crippen molar-refractivity contribution < 1.29 is 0 Å². The predicted octanol–water partition coefficient (Wildman–Crippen LogP) is 3.94. The van der Waals surface area contributed by atoms with Crippen LogP contribution in [0.3, 0.4) is 0 Å². The van der Waals surface area contributed by atoms with Gasteiger partial charge in [-0.2, -0.15) is 0 Å². The maximum Gasteiger partial charge on any atom is 0.0613 e. The maximum atomic E-state index is 6.18. The van der Waals surface area contributed by atoms with Crippen LogP contribution in [0.4, 0.5) is 0 Å². The van der Waals surface area contributed by atoms with Crippen molar-refractivity contribution in [1.29, 1.82) is 0 Å². The highest BCUT2D eigenvalue weighted by atomic mass is 35.5. The van der Waals surface area contributed by atoms with Crippen molar-refractivity contribution in [3.8, 4) is 0 Å². The molecule has 14 heavy (non-hydrogen) atoms. The maximum absolute atomic E-state index is 6.18. The van der Waals surface area contributed by atoms with Crippen molar-refractivity contribution in [2.24, 2.45) is 0 Å². The van der Waals surface area contributed by atoms with E-state index in [4.69, 9.17) is 11.6 Å². The van der Waals surface area contributed by atoms with Crippen LogP contribution in [-0.2, 0) is 0 Å². The van der Waals surface area contributed by atoms with E-state index < -0.39 is 0 Å². The van der Waals surface area contributed by atoms with E-state index in [1.807, 2.05) is 13.0 Å². The molecule has 0 bridgehead atoms. The highest BCUT2D eigenvalue weighted by Crippen LogP contribution is 2.32. The number of thiophene rings is 1. The van der Waals surface area contributed by atoms with Gasteiger partial charge in [0.25, 0.3) is 0 Å². The summed E-state index contributed by atoms with van der Waals surface area (Å²) in [5.41, 5.74) is 1.15. The van der Waals surface area contributed by atoms with Crippen LogP contribution in [0.2, 0.25) is 5.02 Å². The number of halogens is 1. The van der Waals surface area contributed by atoms with Crippen molar-refractivity contribution in [1.82, 2.24) is 5.32 Å². The molecule has 3 heteroatoms. The van der Waals surface area contributed by atoms with Gasteiger partial charge in [0, 0.05) is 4.88 Å². The molecule has 0 aliphatic carbocycles. The van der Waals surface area contributed by atoms with Crippen molar-refractivity contribution in [2.75, 3.05) is 6.54 Å². The lowest BCUT2D eigenvalue weighted by Gasteiger charge is -2.12. The van der Waals surface area contributed by atoms with Gasteiger partial charge in [-0.15, -0.1) is 17.9 Å². The Balaban J connectivity index is 2.78. The standard InChI is InChI=1S/C11H16ClNS/c1-4-6-13-9(5-2)11-10(12)8(3)7-14-11/h5,7,9,13H,2,4,6H2,1,3H3. The Morgan fingerprint density at radius 2 is 2.43 bits per heavy atom. The number of aryl methyl sites for hydroxylation is 1. The molecule has 1 rings (SSSR count). The minimum atomic E-state index is 0.196. The van der Waals surface area contributed by atoms with Gasteiger partial charge in [0.1, 0.15) is 0 Å². The van der Waals surface area contributed by atoms with Gasteiger partial charge in [-0.05, 0) is 30.8 Å². The van der Waals surface area contributed by atoms with E-state index in [0.29, 0.717) is 0 Å². The molecule has 0 spiro atoms. The summed E-state index contributed by atoms with van der Waals surface area (Å²) in [5, 5.41) is 6.36. The normalized spacial score (nSPS) is 12.8. The Labute approximate surface area is 94.8 Å². The van der Waals surface area contributed by atoms with Crippen LogP contribution in [0.25, 0.3) is 0 Å². The van der Waals surface area contributed by atoms with Gasteiger partial charge in [0.15, 0.2) is 0 Å². The third-order valence-corrected chi connectivity index (χ3v) is 3.85. The van der Waals surface area contributed by atoms with Crippen LogP contribution < -0.4 is 5.32 Å². The minimum absolute atomic E-state index is 0.196. The third kappa shape index (κ3) is 2.59. The van der Waals surface area contributed by atoms with Crippen LogP contribution in [0.1, 0.15) is 29.8 Å². The zero-order valence-electron chi connectivity index (χ0n) is 8.64. The molecule has 1 heterocycles. The monoisotopic (exact) mass is 229 g/mol. The van der Waals surface area contributed by atoms with E-state index >= 15 is 0 Å². The summed E-state index contributed by atoms with van der Waals surface area (Å²) in [5.74, 6) is 0. The van der Waals surface area contributed by atoms with Crippen LogP contribution in [-0.4, -0.2) is 6.54 Å². The fourth-order valence-electron chi connectivity index (χ4n) is 1.24. The van der Waals surface area contributed by atoms with Gasteiger partial charge in [-0.25, -0.2) is 0 Å². The second kappa shape index (κ2) is 5.54. The van der Waals surface area contributed by atoms with Gasteiger partial charge in [0.2, 0.25) is 0 Å². The molecule has 0 aliphatic rings. The van der Waals surface area contributed by atoms with Crippen LogP contribution in [0, 0.1) is 6.92 Å². The molecule has 1 atom stereocenters. The zero-order chi connectivity index (χ0) is 10.6. The zero-order valence-corrected chi connectivity index (χ0v) is 10.2. The summed E-state index contributed by atoms with van der Waals surface area (Å²) in [6.45, 7) is 8.99. The Morgan fingerprint density at radius 1 is 1.71 bits per heavy atom. The van der Waals surface area contributed by atoms with Crippen molar-refractivity contribution in [3.63, 3.8) is 0 Å². The molecule has 1 unspecified atom stereocenters. The average molecular weight is 230 g/mol. The lowest BCUT2D eigenvalue weighted by atomic mass is 10.2. The van der Waals surface area contributed by atoms with Crippen LogP contribution >= 0.6 is 22.9 Å². The van der Waals surface area contributed by atoms with E-state index in [1.165, 1.54) is 4.88 Å². The van der Waals surface area contributed by atoms with Crippen LogP contribution in [0.5, 0.6) is 0 Å². The topological polar surface area (TPSA) is 12.0 Å². The molecule has 0 fully saturated rings. The Bertz CT molecular complexity index is 306. The van der Waals surface area contributed by atoms with Gasteiger partial charge in [-0.3, -0.25) is 0 Å². The third-order valence-electron chi connectivity index (χ3n) is 2.06. The quantitative estimate of drug-likeness (QED) is 0.755. The SMILES string of the molecule is C=CC(NCCC)c1scc(C)c1Cl. The van der Waals surface area contributed by atoms with Gasteiger partial charge in [-0.1, -0.05) is 24.6 Å². The first-order valence-electron chi connectivity index (χ1n) is 4.80. The summed E-state index contributed by atoms with van der Waals surface area (Å²) in [6, 6.07) is 0.196. The van der Waals surface area contributed by atoms with Gasteiger partial charge >= 0.3 is 0 Å². The second-order valence-electron chi connectivity index (χ2n) is 3.26. The first-order valence-corrected chi connectivity index (χ1v) is 6.05. The van der Waals surface area contributed by atoms with Crippen molar-refractivity contribution in [3.05, 3.63) is 33.5 Å². The molecule has 1 nitrogen and oxygen atoms in total. The molecule has 1 aromatic rings. The van der Waals surface area contributed by atoms with Crippen LogP contribution in [0.15, 0.2) is 18.0 Å². The summed E-state index contributed by atoms with van der Waals surface area (Å²) in [6.07, 6.45) is 3.03. The molecule has 1 aromatic heterocycles. The van der Waals surface area contributed by atoms with E-state index in [9.17, 15) is 0 Å². The number of nitrogens with one attached hydrogen (secondary N) is 1. The highest BCUT2D eigenvalue weighted by Gasteiger charge is 2.13. The van der Waals surface area contributed by atoms with E-state index in [-0.39, 0.29) is 6.04 Å². The molecule has 0 radical (unpaired) electrons. The fraction of sp³-hybridized carbons (Fsp3) is 0.455. The Morgan fingerprint density at radius 3 is 2.86 bits per heavy atom. The van der Waals surface area contributed by atoms with Gasteiger partial charge < -0.3 is 5.32 Å². The molecule has 0 saturated carbocycles. The molecular weight excluding hydrogens is 214 g/mol. The summed E-state index contributed by atoms with van der Waals surface area (Å²) < 4.78 is 0. The molecule has 78 valence electrons. The minimum Gasteiger partial charge on any atom is -0.306 e. The number of hydrogen-bond acceptors (Lipinski definition) is 2. The molecule has 0 saturated heterocycles. The Kier molecular flexibility index (Phi) is 4.66. The largest absolute Gasteiger partial charge is 0.306 e. The molecule has 0 amide bonds. The van der Waals surface area contributed by atoms with E-state index in [0.717, 1.165) is 23.6 Å². The molecule has 1 N–H and O–H groups in total. The fourth-order valence-corrected chi connectivity index (χ4v) is 2.63. The number of rotatable bonds is 5. The summed E-state index contributed by atoms with van der Waals surface area (Å²) >= 11 is 7.88. The smallest absolute Gasteiger partial charge is 0.0613 e. The van der Waals surface area contributed by atoms with Crippen molar-refractivity contribution in [2.45, 2.75) is 26.3 Å². The lowest BCUT2D eigenvalue weighted by Crippen LogP contribution is -2.19. The first kappa shape index (κ1) is 11.8. The summed E-state index contributed by atoms with van der Waals surface area (Å²) in [4.78, 5) is 1.17. The van der Waals surface area contributed by atoms with Crippen molar-refractivity contribution >= 4 is 22.9 Å². The number of hydrogen-bond donors (Lipinski definition) is 1. The lowest BCUT2D eigenvalue weighted by molar-refractivity contribution is 0.621.